The lowest BCUT2D eigenvalue weighted by atomic mass is 9.64. The summed E-state index contributed by atoms with van der Waals surface area (Å²) in [5.41, 5.74) is 5.33. The van der Waals surface area contributed by atoms with Gasteiger partial charge in [0.25, 0.3) is 0 Å². The average molecular weight is 238 g/mol. The van der Waals surface area contributed by atoms with Gasteiger partial charge in [0, 0.05) is 6.04 Å². The zero-order valence-electron chi connectivity index (χ0n) is 11.3. The van der Waals surface area contributed by atoms with Crippen LogP contribution in [-0.4, -0.2) is 17.5 Å². The molecule has 0 aromatic heterocycles. The Morgan fingerprint density at radius 3 is 2.41 bits per heavy atom. The molecule has 0 aromatic carbocycles. The van der Waals surface area contributed by atoms with Gasteiger partial charge in [0.1, 0.15) is 5.54 Å². The average Bonchev–Trinajstić information content (AvgIpc) is 3.00. The molecule has 3 atom stereocenters. The molecule has 3 N–H and O–H groups in total. The largest absolute Gasteiger partial charge is 0.368 e. The van der Waals surface area contributed by atoms with Gasteiger partial charge in [-0.2, -0.15) is 0 Å². The van der Waals surface area contributed by atoms with E-state index in [0.29, 0.717) is 23.8 Å². The summed E-state index contributed by atoms with van der Waals surface area (Å²) >= 11 is 0. The Balaban J connectivity index is 2.24. The highest BCUT2D eigenvalue weighted by atomic mass is 16.1. The molecule has 98 valence electrons. The van der Waals surface area contributed by atoms with Crippen LogP contribution in [0.2, 0.25) is 0 Å². The molecule has 0 saturated heterocycles. The smallest absolute Gasteiger partial charge is 0.238 e. The van der Waals surface area contributed by atoms with Crippen LogP contribution in [0.3, 0.4) is 0 Å². The van der Waals surface area contributed by atoms with Gasteiger partial charge in [-0.25, -0.2) is 0 Å². The van der Waals surface area contributed by atoms with Crippen molar-refractivity contribution in [3.05, 3.63) is 0 Å². The molecular formula is C14H26N2O. The Bertz CT molecular complexity index is 295. The van der Waals surface area contributed by atoms with E-state index in [1.165, 1.54) is 19.3 Å². The minimum absolute atomic E-state index is 0.130. The van der Waals surface area contributed by atoms with E-state index in [2.05, 4.69) is 26.1 Å². The number of amides is 1. The van der Waals surface area contributed by atoms with E-state index < -0.39 is 5.54 Å². The molecule has 0 spiro atoms. The fourth-order valence-corrected chi connectivity index (χ4v) is 3.53. The monoisotopic (exact) mass is 238 g/mol. The molecule has 3 heteroatoms. The summed E-state index contributed by atoms with van der Waals surface area (Å²) in [7, 11) is 0. The SMILES string of the molecule is CC1CCC(C(C)C)C(NC2CC2)(C(N)=O)C1. The summed E-state index contributed by atoms with van der Waals surface area (Å²) in [6.45, 7) is 6.67. The molecule has 2 rings (SSSR count). The highest BCUT2D eigenvalue weighted by Gasteiger charge is 2.50. The van der Waals surface area contributed by atoms with Gasteiger partial charge in [-0.1, -0.05) is 27.2 Å². The Kier molecular flexibility index (Phi) is 3.48. The van der Waals surface area contributed by atoms with E-state index in [0.717, 1.165) is 12.8 Å². The molecule has 17 heavy (non-hydrogen) atoms. The number of hydrogen-bond acceptors (Lipinski definition) is 2. The molecule has 1 amide bonds. The van der Waals surface area contributed by atoms with Crippen molar-refractivity contribution in [3.63, 3.8) is 0 Å². The fraction of sp³-hybridized carbons (Fsp3) is 0.929. The zero-order chi connectivity index (χ0) is 12.6. The molecule has 3 nitrogen and oxygen atoms in total. The second-order valence-electron chi connectivity index (χ2n) is 6.49. The third-order valence-electron chi connectivity index (χ3n) is 4.56. The summed E-state index contributed by atoms with van der Waals surface area (Å²) in [5, 5.41) is 3.59. The maximum Gasteiger partial charge on any atom is 0.238 e. The van der Waals surface area contributed by atoms with Gasteiger partial charge in [0.05, 0.1) is 0 Å². The first-order chi connectivity index (χ1) is 7.95. The van der Waals surface area contributed by atoms with E-state index in [1.54, 1.807) is 0 Å². The van der Waals surface area contributed by atoms with Gasteiger partial charge >= 0.3 is 0 Å². The van der Waals surface area contributed by atoms with Crippen molar-refractivity contribution in [2.45, 2.75) is 64.5 Å². The van der Waals surface area contributed by atoms with E-state index in [-0.39, 0.29) is 5.91 Å². The van der Waals surface area contributed by atoms with Crippen molar-refractivity contribution in [3.8, 4) is 0 Å². The number of primary amides is 1. The summed E-state index contributed by atoms with van der Waals surface area (Å²) < 4.78 is 0. The van der Waals surface area contributed by atoms with Crippen molar-refractivity contribution in [2.24, 2.45) is 23.5 Å². The van der Waals surface area contributed by atoms with Gasteiger partial charge in [-0.3, -0.25) is 4.79 Å². The lowest BCUT2D eigenvalue weighted by Crippen LogP contribution is -2.64. The molecule has 0 bridgehead atoms. The first-order valence-electron chi connectivity index (χ1n) is 7.03. The molecule has 2 aliphatic carbocycles. The van der Waals surface area contributed by atoms with Crippen molar-refractivity contribution in [2.75, 3.05) is 0 Å². The van der Waals surface area contributed by atoms with Crippen LogP contribution >= 0.6 is 0 Å². The molecule has 3 unspecified atom stereocenters. The highest BCUT2D eigenvalue weighted by molar-refractivity contribution is 5.85. The predicted molar refractivity (Wildman–Crippen MR) is 69.4 cm³/mol. The normalized spacial score (nSPS) is 38.4. The van der Waals surface area contributed by atoms with E-state index in [4.69, 9.17) is 5.73 Å². The van der Waals surface area contributed by atoms with Gasteiger partial charge in [-0.05, 0) is 43.4 Å². The van der Waals surface area contributed by atoms with Gasteiger partial charge in [0.15, 0.2) is 0 Å². The number of nitrogens with two attached hydrogens (primary N) is 1. The Hall–Kier alpha value is -0.570. The lowest BCUT2D eigenvalue weighted by Gasteiger charge is -2.47. The first-order valence-corrected chi connectivity index (χ1v) is 7.03. The van der Waals surface area contributed by atoms with Crippen molar-refractivity contribution in [1.29, 1.82) is 0 Å². The van der Waals surface area contributed by atoms with Crippen LogP contribution in [0, 0.1) is 17.8 Å². The van der Waals surface area contributed by atoms with E-state index in [9.17, 15) is 4.79 Å². The summed E-state index contributed by atoms with van der Waals surface area (Å²) in [4.78, 5) is 12.1. The third kappa shape index (κ3) is 2.49. The predicted octanol–water partition coefficient (Wildman–Crippen LogP) is 2.05. The quantitative estimate of drug-likeness (QED) is 0.787. The number of carbonyl (C=O) groups excluding carboxylic acids is 1. The Morgan fingerprint density at radius 1 is 1.29 bits per heavy atom. The lowest BCUT2D eigenvalue weighted by molar-refractivity contribution is -0.130. The molecule has 0 heterocycles. The number of hydrogen-bond donors (Lipinski definition) is 2. The molecular weight excluding hydrogens is 212 g/mol. The van der Waals surface area contributed by atoms with Crippen molar-refractivity contribution in [1.82, 2.24) is 5.32 Å². The fourth-order valence-electron chi connectivity index (χ4n) is 3.53. The van der Waals surface area contributed by atoms with Crippen LogP contribution < -0.4 is 11.1 Å². The summed E-state index contributed by atoms with van der Waals surface area (Å²) in [6.07, 6.45) is 5.68. The Morgan fingerprint density at radius 2 is 1.94 bits per heavy atom. The maximum absolute atomic E-state index is 12.1. The van der Waals surface area contributed by atoms with Crippen LogP contribution in [0.25, 0.3) is 0 Å². The van der Waals surface area contributed by atoms with Gasteiger partial charge in [0.2, 0.25) is 5.91 Å². The third-order valence-corrected chi connectivity index (χ3v) is 4.56. The van der Waals surface area contributed by atoms with Crippen LogP contribution in [0.5, 0.6) is 0 Å². The first kappa shape index (κ1) is 12.9. The van der Waals surface area contributed by atoms with Crippen LogP contribution in [0.1, 0.15) is 52.9 Å². The van der Waals surface area contributed by atoms with Crippen LogP contribution in [0.4, 0.5) is 0 Å². The topological polar surface area (TPSA) is 55.1 Å². The molecule has 2 fully saturated rings. The number of nitrogens with one attached hydrogen (secondary N) is 1. The summed E-state index contributed by atoms with van der Waals surface area (Å²) in [5.74, 6) is 1.39. The van der Waals surface area contributed by atoms with Crippen molar-refractivity contribution >= 4 is 5.91 Å². The summed E-state index contributed by atoms with van der Waals surface area (Å²) in [6, 6.07) is 0.536. The highest BCUT2D eigenvalue weighted by Crippen LogP contribution is 2.42. The van der Waals surface area contributed by atoms with Crippen molar-refractivity contribution < 1.29 is 4.79 Å². The second-order valence-corrected chi connectivity index (χ2v) is 6.49. The number of rotatable bonds is 4. The van der Waals surface area contributed by atoms with Crippen LogP contribution in [-0.2, 0) is 4.79 Å². The molecule has 0 radical (unpaired) electrons. The molecule has 2 aliphatic rings. The zero-order valence-corrected chi connectivity index (χ0v) is 11.3. The second kappa shape index (κ2) is 4.60. The standard InChI is InChI=1S/C14H26N2O/c1-9(2)12-7-4-10(3)8-14(12,13(15)17)16-11-5-6-11/h9-12,16H,4-8H2,1-3H3,(H2,15,17). The maximum atomic E-state index is 12.1. The molecule has 0 aromatic rings. The minimum Gasteiger partial charge on any atom is -0.368 e. The molecule has 0 aliphatic heterocycles. The van der Waals surface area contributed by atoms with E-state index in [1.807, 2.05) is 0 Å². The molecule has 2 saturated carbocycles. The number of carbonyl (C=O) groups is 1. The van der Waals surface area contributed by atoms with E-state index >= 15 is 0 Å². The van der Waals surface area contributed by atoms with Gasteiger partial charge < -0.3 is 11.1 Å². The van der Waals surface area contributed by atoms with Gasteiger partial charge in [-0.15, -0.1) is 0 Å². The Labute approximate surface area is 105 Å². The minimum atomic E-state index is -0.438. The van der Waals surface area contributed by atoms with Crippen LogP contribution in [0.15, 0.2) is 0 Å².